The number of rotatable bonds is 10. The van der Waals surface area contributed by atoms with Gasteiger partial charge < -0.3 is 28.4 Å². The molecule has 8 heteroatoms. The molecule has 3 aromatic rings. The van der Waals surface area contributed by atoms with Crippen LogP contribution in [-0.4, -0.2) is 62.6 Å². The zero-order valence-electron chi connectivity index (χ0n) is 17.4. The zero-order chi connectivity index (χ0) is 21.2. The third kappa shape index (κ3) is 4.60. The molecule has 31 heavy (non-hydrogen) atoms. The molecule has 2 aliphatic heterocycles. The Labute approximate surface area is 180 Å². The summed E-state index contributed by atoms with van der Waals surface area (Å²) in [6.45, 7) is 2.56. The van der Waals surface area contributed by atoms with Crippen molar-refractivity contribution in [3.05, 3.63) is 48.7 Å². The number of nitrogens with zero attached hydrogens (tertiary/aromatic N) is 2. The van der Waals surface area contributed by atoms with Crippen molar-refractivity contribution in [3.8, 4) is 39.9 Å². The lowest BCUT2D eigenvalue weighted by Gasteiger charge is -2.15. The topological polar surface area (TPSA) is 79.8 Å². The van der Waals surface area contributed by atoms with Gasteiger partial charge in [-0.1, -0.05) is 0 Å². The molecule has 2 atom stereocenters. The normalized spacial score (nSPS) is 19.0. The van der Waals surface area contributed by atoms with Crippen molar-refractivity contribution in [2.24, 2.45) is 0 Å². The molecule has 0 aliphatic carbocycles. The van der Waals surface area contributed by atoms with Crippen molar-refractivity contribution >= 4 is 0 Å². The van der Waals surface area contributed by atoms with E-state index in [1.165, 1.54) is 0 Å². The number of hydrogen-bond donors (Lipinski definition) is 0. The molecular weight excluding hydrogens is 400 g/mol. The summed E-state index contributed by atoms with van der Waals surface area (Å²) >= 11 is 0. The summed E-state index contributed by atoms with van der Waals surface area (Å²) in [5.41, 5.74) is 2.65. The summed E-state index contributed by atoms with van der Waals surface area (Å²) in [4.78, 5) is 0. The van der Waals surface area contributed by atoms with Crippen LogP contribution in [0.15, 0.2) is 48.7 Å². The third-order valence-corrected chi connectivity index (χ3v) is 5.10. The predicted molar refractivity (Wildman–Crippen MR) is 113 cm³/mol. The van der Waals surface area contributed by atoms with Crippen LogP contribution in [0.1, 0.15) is 0 Å². The van der Waals surface area contributed by atoms with Gasteiger partial charge in [0.25, 0.3) is 0 Å². The van der Waals surface area contributed by atoms with E-state index in [4.69, 9.17) is 33.5 Å². The molecule has 5 rings (SSSR count). The molecule has 0 N–H and O–H groups in total. The van der Waals surface area contributed by atoms with Crippen LogP contribution in [0.25, 0.3) is 16.9 Å². The number of ether oxygens (including phenoxy) is 6. The van der Waals surface area contributed by atoms with Crippen molar-refractivity contribution in [2.75, 3.05) is 40.6 Å². The van der Waals surface area contributed by atoms with Crippen LogP contribution in [0.5, 0.6) is 23.0 Å². The molecular formula is C23H24N2O6. The van der Waals surface area contributed by atoms with E-state index in [9.17, 15) is 0 Å². The maximum absolute atomic E-state index is 5.86. The highest BCUT2D eigenvalue weighted by Gasteiger charge is 2.25. The maximum Gasteiger partial charge on any atom is 0.203 e. The van der Waals surface area contributed by atoms with E-state index < -0.39 is 0 Å². The first-order valence-electron chi connectivity index (χ1n) is 10.1. The van der Waals surface area contributed by atoms with Gasteiger partial charge in [-0.2, -0.15) is 5.10 Å². The second kappa shape index (κ2) is 8.49. The molecule has 162 valence electrons. The number of aromatic nitrogens is 2. The van der Waals surface area contributed by atoms with E-state index in [2.05, 4.69) is 0 Å². The van der Waals surface area contributed by atoms with Crippen LogP contribution in [0.3, 0.4) is 0 Å². The van der Waals surface area contributed by atoms with Gasteiger partial charge in [-0.3, -0.25) is 0 Å². The Morgan fingerprint density at radius 1 is 0.903 bits per heavy atom. The molecule has 2 aromatic carbocycles. The summed E-state index contributed by atoms with van der Waals surface area (Å²) in [7, 11) is 3.21. The van der Waals surface area contributed by atoms with E-state index in [0.29, 0.717) is 30.5 Å². The van der Waals surface area contributed by atoms with Crippen LogP contribution in [0, 0.1) is 0 Å². The molecule has 1 aromatic heterocycles. The Hall–Kier alpha value is -3.23. The van der Waals surface area contributed by atoms with Crippen LogP contribution in [-0.2, 0) is 9.47 Å². The Kier molecular flexibility index (Phi) is 5.40. The van der Waals surface area contributed by atoms with E-state index in [1.54, 1.807) is 18.9 Å². The lowest BCUT2D eigenvalue weighted by molar-refractivity contribution is 0.240. The first-order valence-corrected chi connectivity index (χ1v) is 10.1. The van der Waals surface area contributed by atoms with Crippen molar-refractivity contribution in [2.45, 2.75) is 12.2 Å². The van der Waals surface area contributed by atoms with Gasteiger partial charge in [0, 0.05) is 23.9 Å². The number of benzene rings is 2. The minimum atomic E-state index is 0.140. The Balaban J connectivity index is 1.35. The molecule has 2 fully saturated rings. The van der Waals surface area contributed by atoms with Gasteiger partial charge in [-0.25, -0.2) is 4.68 Å². The Morgan fingerprint density at radius 3 is 2.10 bits per heavy atom. The second-order valence-corrected chi connectivity index (χ2v) is 7.38. The standard InChI is InChI=1S/C23H24N2O6/c1-26-21-9-16(10-22(27-2)23(21)31-14-19-13-30-19)25-8-7-20(24-25)15-3-5-17(6-4-15)28-11-18-12-29-18/h3-10,18-19H,11-14H2,1-2H3. The van der Waals surface area contributed by atoms with Crippen LogP contribution in [0.2, 0.25) is 0 Å². The molecule has 0 radical (unpaired) electrons. The fourth-order valence-electron chi connectivity index (χ4n) is 3.18. The fraction of sp³-hybridized carbons (Fsp3) is 0.348. The van der Waals surface area contributed by atoms with E-state index in [0.717, 1.165) is 35.9 Å². The molecule has 3 heterocycles. The van der Waals surface area contributed by atoms with Gasteiger partial charge in [0.15, 0.2) is 11.5 Å². The molecule has 0 spiro atoms. The fourth-order valence-corrected chi connectivity index (χ4v) is 3.18. The quantitative estimate of drug-likeness (QED) is 0.463. The molecule has 2 aliphatic rings. The van der Waals surface area contributed by atoms with Gasteiger partial charge in [0.05, 0.1) is 38.8 Å². The Bertz CT molecular complexity index is 1020. The van der Waals surface area contributed by atoms with Gasteiger partial charge in [-0.05, 0) is 30.3 Å². The van der Waals surface area contributed by atoms with E-state index >= 15 is 0 Å². The van der Waals surface area contributed by atoms with Gasteiger partial charge in [0.2, 0.25) is 5.75 Å². The van der Waals surface area contributed by atoms with Crippen LogP contribution in [0.4, 0.5) is 0 Å². The SMILES string of the molecule is COc1cc(-n2ccc(-c3ccc(OCC4CO4)cc3)n2)cc(OC)c1OCC1CO1. The molecule has 8 nitrogen and oxygen atoms in total. The smallest absolute Gasteiger partial charge is 0.203 e. The monoisotopic (exact) mass is 424 g/mol. The third-order valence-electron chi connectivity index (χ3n) is 5.10. The minimum Gasteiger partial charge on any atom is -0.493 e. The maximum atomic E-state index is 5.86. The molecule has 0 amide bonds. The van der Waals surface area contributed by atoms with Crippen molar-refractivity contribution < 1.29 is 28.4 Å². The highest BCUT2D eigenvalue weighted by atomic mass is 16.6. The van der Waals surface area contributed by atoms with Crippen molar-refractivity contribution in [1.29, 1.82) is 0 Å². The largest absolute Gasteiger partial charge is 0.493 e. The lowest BCUT2D eigenvalue weighted by atomic mass is 10.1. The average Bonchev–Trinajstić information content (AvgIpc) is 3.75. The summed E-state index contributed by atoms with van der Waals surface area (Å²) in [6, 6.07) is 13.6. The minimum absolute atomic E-state index is 0.140. The molecule has 2 unspecified atom stereocenters. The van der Waals surface area contributed by atoms with Crippen LogP contribution >= 0.6 is 0 Å². The first-order chi connectivity index (χ1) is 15.2. The number of hydrogen-bond acceptors (Lipinski definition) is 7. The van der Waals surface area contributed by atoms with Gasteiger partial charge in [-0.15, -0.1) is 0 Å². The van der Waals surface area contributed by atoms with E-state index in [-0.39, 0.29) is 12.2 Å². The first kappa shape index (κ1) is 19.7. The summed E-state index contributed by atoms with van der Waals surface area (Å²) in [5, 5.41) is 4.71. The van der Waals surface area contributed by atoms with Crippen molar-refractivity contribution in [1.82, 2.24) is 9.78 Å². The predicted octanol–water partition coefficient (Wildman–Crippen LogP) is 3.11. The molecule has 0 bridgehead atoms. The van der Waals surface area contributed by atoms with Crippen molar-refractivity contribution in [3.63, 3.8) is 0 Å². The second-order valence-electron chi connectivity index (χ2n) is 7.38. The lowest BCUT2D eigenvalue weighted by Crippen LogP contribution is -2.07. The number of epoxide rings is 2. The highest BCUT2D eigenvalue weighted by molar-refractivity contribution is 5.62. The molecule has 0 saturated carbocycles. The zero-order valence-corrected chi connectivity index (χ0v) is 17.4. The highest BCUT2D eigenvalue weighted by Crippen LogP contribution is 2.40. The van der Waals surface area contributed by atoms with Crippen LogP contribution < -0.4 is 18.9 Å². The summed E-state index contributed by atoms with van der Waals surface area (Å²) in [5.74, 6) is 2.53. The average molecular weight is 424 g/mol. The molecule has 2 saturated heterocycles. The summed E-state index contributed by atoms with van der Waals surface area (Å²) < 4.78 is 34.8. The summed E-state index contributed by atoms with van der Waals surface area (Å²) in [6.07, 6.45) is 2.28. The number of methoxy groups -OCH3 is 2. The van der Waals surface area contributed by atoms with Gasteiger partial charge >= 0.3 is 0 Å². The Morgan fingerprint density at radius 2 is 1.52 bits per heavy atom. The van der Waals surface area contributed by atoms with Gasteiger partial charge in [0.1, 0.15) is 31.2 Å². The van der Waals surface area contributed by atoms with E-state index in [1.807, 2.05) is 48.7 Å².